The maximum Gasteiger partial charge on any atom is 0.409 e. The van der Waals surface area contributed by atoms with Gasteiger partial charge in [-0.15, -0.1) is 23.2 Å². The maximum atomic E-state index is 11.7. The van der Waals surface area contributed by atoms with E-state index in [0.717, 1.165) is 0 Å². The van der Waals surface area contributed by atoms with E-state index in [1.807, 2.05) is 0 Å². The highest BCUT2D eigenvalue weighted by Gasteiger charge is 2.21. The molecule has 0 fully saturated rings. The Morgan fingerprint density at radius 3 is 2.06 bits per heavy atom. The first kappa shape index (κ1) is 17.3. The van der Waals surface area contributed by atoms with E-state index in [1.54, 1.807) is 13.8 Å². The summed E-state index contributed by atoms with van der Waals surface area (Å²) in [7, 11) is 0. The molecule has 0 aliphatic carbocycles. The van der Waals surface area contributed by atoms with Gasteiger partial charge in [0.2, 0.25) is 0 Å². The summed E-state index contributed by atoms with van der Waals surface area (Å²) in [5.41, 5.74) is 5.22. The van der Waals surface area contributed by atoms with Crippen LogP contribution in [0.4, 0.5) is 4.79 Å². The molecule has 0 aliphatic heterocycles. The van der Waals surface area contributed by atoms with Crippen LogP contribution in [0.5, 0.6) is 0 Å². The molecule has 0 aliphatic rings. The Morgan fingerprint density at radius 1 is 1.28 bits per heavy atom. The molecule has 6 nitrogen and oxygen atoms in total. The van der Waals surface area contributed by atoms with E-state index in [2.05, 4.69) is 0 Å². The van der Waals surface area contributed by atoms with Crippen molar-refractivity contribution < 1.29 is 19.4 Å². The lowest BCUT2D eigenvalue weighted by molar-refractivity contribution is -0.139. The van der Waals surface area contributed by atoms with Gasteiger partial charge in [0.1, 0.15) is 12.6 Å². The molecular formula is C10H18Cl2N2O4. The normalized spacial score (nSPS) is 15.6. The molecule has 3 N–H and O–H groups in total. The number of carboxylic acid groups (broad SMARTS) is 1. The molecule has 8 heteroatoms. The molecule has 1 amide bonds. The van der Waals surface area contributed by atoms with Crippen LogP contribution in [-0.2, 0) is 9.53 Å². The van der Waals surface area contributed by atoms with Crippen molar-refractivity contribution in [2.24, 2.45) is 5.73 Å². The minimum Gasteiger partial charge on any atom is -0.480 e. The first-order valence-corrected chi connectivity index (χ1v) is 6.29. The van der Waals surface area contributed by atoms with Crippen molar-refractivity contribution in [1.82, 2.24) is 4.90 Å². The largest absolute Gasteiger partial charge is 0.480 e. The first-order valence-electron chi connectivity index (χ1n) is 5.42. The number of hydrogen-bond acceptors (Lipinski definition) is 4. The van der Waals surface area contributed by atoms with E-state index in [4.69, 9.17) is 38.8 Å². The van der Waals surface area contributed by atoms with Crippen molar-refractivity contribution in [3.8, 4) is 0 Å². The molecule has 0 spiro atoms. The maximum absolute atomic E-state index is 11.7. The molecule has 0 aromatic heterocycles. The van der Waals surface area contributed by atoms with Crippen LogP contribution in [0.2, 0.25) is 0 Å². The van der Waals surface area contributed by atoms with Crippen LogP contribution in [0.15, 0.2) is 0 Å². The average molecular weight is 301 g/mol. The van der Waals surface area contributed by atoms with Crippen LogP contribution < -0.4 is 5.73 Å². The molecule has 3 unspecified atom stereocenters. The smallest absolute Gasteiger partial charge is 0.409 e. The quantitative estimate of drug-likeness (QED) is 0.687. The zero-order valence-electron chi connectivity index (χ0n) is 10.3. The van der Waals surface area contributed by atoms with Gasteiger partial charge in [-0.25, -0.2) is 4.79 Å². The number of hydrogen-bond donors (Lipinski definition) is 2. The summed E-state index contributed by atoms with van der Waals surface area (Å²) in [5, 5.41) is 8.03. The second kappa shape index (κ2) is 8.39. The molecule has 0 heterocycles. The fourth-order valence-electron chi connectivity index (χ4n) is 1.15. The van der Waals surface area contributed by atoms with E-state index in [9.17, 15) is 9.59 Å². The lowest BCUT2D eigenvalue weighted by Crippen LogP contribution is -2.42. The van der Waals surface area contributed by atoms with Crippen molar-refractivity contribution in [2.75, 3.05) is 19.7 Å². The average Bonchev–Trinajstić information content (AvgIpc) is 2.22. The number of aliphatic carboxylic acids is 1. The Balaban J connectivity index is 4.32. The molecule has 0 radical (unpaired) electrons. The number of ether oxygens (including phenoxy) is 1. The molecule has 0 aromatic carbocycles. The summed E-state index contributed by atoms with van der Waals surface area (Å²) in [6.45, 7) is 3.59. The van der Waals surface area contributed by atoms with Gasteiger partial charge in [-0.3, -0.25) is 4.79 Å². The van der Waals surface area contributed by atoms with Gasteiger partial charge in [0, 0.05) is 23.8 Å². The number of amides is 1. The SMILES string of the molecule is CC(Cl)CN(CC(C)Cl)C(=O)OCC(N)C(=O)O. The molecule has 0 bridgehead atoms. The highest BCUT2D eigenvalue weighted by Crippen LogP contribution is 2.06. The van der Waals surface area contributed by atoms with Crippen molar-refractivity contribution >= 4 is 35.3 Å². The molecule has 3 atom stereocenters. The fourth-order valence-corrected chi connectivity index (χ4v) is 1.49. The summed E-state index contributed by atoms with van der Waals surface area (Å²) in [6, 6.07) is -1.24. The minimum absolute atomic E-state index is 0.263. The van der Waals surface area contributed by atoms with Gasteiger partial charge >= 0.3 is 12.1 Å². The number of alkyl halides is 2. The van der Waals surface area contributed by atoms with E-state index in [0.29, 0.717) is 0 Å². The monoisotopic (exact) mass is 300 g/mol. The highest BCUT2D eigenvalue weighted by molar-refractivity contribution is 6.21. The molecule has 106 valence electrons. The third-order valence-corrected chi connectivity index (χ3v) is 2.18. The van der Waals surface area contributed by atoms with Gasteiger partial charge in [-0.05, 0) is 13.8 Å². The van der Waals surface area contributed by atoms with Crippen LogP contribution in [0.3, 0.4) is 0 Å². The van der Waals surface area contributed by atoms with Crippen molar-refractivity contribution in [3.05, 3.63) is 0 Å². The van der Waals surface area contributed by atoms with E-state index < -0.39 is 24.7 Å². The van der Waals surface area contributed by atoms with E-state index in [1.165, 1.54) is 4.90 Å². The Bertz CT molecular complexity index is 277. The third-order valence-electron chi connectivity index (χ3n) is 1.91. The Morgan fingerprint density at radius 2 is 1.72 bits per heavy atom. The predicted octanol–water partition coefficient (Wildman–Crippen LogP) is 1.09. The van der Waals surface area contributed by atoms with Crippen molar-refractivity contribution in [3.63, 3.8) is 0 Å². The third kappa shape index (κ3) is 7.58. The summed E-state index contributed by atoms with van der Waals surface area (Å²) < 4.78 is 4.79. The van der Waals surface area contributed by atoms with Crippen LogP contribution in [0, 0.1) is 0 Å². The molecule has 0 aromatic rings. The van der Waals surface area contributed by atoms with Gasteiger partial charge in [0.05, 0.1) is 0 Å². The molecule has 0 saturated heterocycles. The highest BCUT2D eigenvalue weighted by atomic mass is 35.5. The van der Waals surface area contributed by atoms with Gasteiger partial charge in [0.25, 0.3) is 0 Å². The Labute approximate surface area is 116 Å². The Kier molecular flexibility index (Phi) is 8.06. The van der Waals surface area contributed by atoms with Crippen molar-refractivity contribution in [1.29, 1.82) is 0 Å². The number of nitrogens with zero attached hydrogens (tertiary/aromatic N) is 1. The van der Waals surface area contributed by atoms with Crippen LogP contribution in [-0.4, -0.2) is 58.6 Å². The molecular weight excluding hydrogens is 283 g/mol. The zero-order valence-corrected chi connectivity index (χ0v) is 11.8. The molecule has 0 saturated carbocycles. The van der Waals surface area contributed by atoms with Crippen LogP contribution in [0.1, 0.15) is 13.8 Å². The second-order valence-electron chi connectivity index (χ2n) is 3.99. The summed E-state index contributed by atoms with van der Waals surface area (Å²) in [5.74, 6) is -1.23. The Hall–Kier alpha value is -0.720. The fraction of sp³-hybridized carbons (Fsp3) is 0.800. The predicted molar refractivity (Wildman–Crippen MR) is 69.2 cm³/mol. The second-order valence-corrected chi connectivity index (χ2v) is 5.48. The molecule has 0 rings (SSSR count). The lowest BCUT2D eigenvalue weighted by atomic mass is 10.3. The lowest BCUT2D eigenvalue weighted by Gasteiger charge is -2.24. The van der Waals surface area contributed by atoms with Crippen LogP contribution >= 0.6 is 23.2 Å². The zero-order chi connectivity index (χ0) is 14.3. The number of rotatable bonds is 7. The summed E-state index contributed by atoms with van der Waals surface area (Å²) in [6.07, 6.45) is -0.674. The van der Waals surface area contributed by atoms with Gasteiger partial charge < -0.3 is 20.5 Å². The summed E-state index contributed by atoms with van der Waals surface area (Å²) in [4.78, 5) is 23.5. The van der Waals surface area contributed by atoms with Crippen molar-refractivity contribution in [2.45, 2.75) is 30.6 Å². The minimum atomic E-state index is -1.24. The number of halogens is 2. The number of carbonyl (C=O) groups is 2. The topological polar surface area (TPSA) is 92.9 Å². The van der Waals surface area contributed by atoms with Gasteiger partial charge in [-0.1, -0.05) is 0 Å². The standard InChI is InChI=1S/C10H18Cl2N2O4/c1-6(11)3-14(4-7(2)12)10(17)18-5-8(13)9(15)16/h6-8H,3-5,13H2,1-2H3,(H,15,16). The first-order chi connectivity index (χ1) is 8.23. The summed E-state index contributed by atoms with van der Waals surface area (Å²) >= 11 is 11.6. The van der Waals surface area contributed by atoms with E-state index in [-0.39, 0.29) is 23.8 Å². The number of nitrogens with two attached hydrogens (primary N) is 1. The van der Waals surface area contributed by atoms with E-state index >= 15 is 0 Å². The van der Waals surface area contributed by atoms with Gasteiger partial charge in [0.15, 0.2) is 0 Å². The molecule has 18 heavy (non-hydrogen) atoms. The number of carboxylic acids is 1. The van der Waals surface area contributed by atoms with Crippen LogP contribution in [0.25, 0.3) is 0 Å². The number of carbonyl (C=O) groups excluding carboxylic acids is 1. The van der Waals surface area contributed by atoms with Gasteiger partial charge in [-0.2, -0.15) is 0 Å².